The van der Waals surface area contributed by atoms with Crippen molar-refractivity contribution >= 4 is 44.7 Å². The number of hydrogen-bond donors (Lipinski definition) is 1. The Labute approximate surface area is 133 Å². The quantitative estimate of drug-likeness (QED) is 0.652. The maximum absolute atomic E-state index is 13.8. The van der Waals surface area contributed by atoms with E-state index in [1.54, 1.807) is 6.07 Å². The van der Waals surface area contributed by atoms with Gasteiger partial charge in [-0.15, -0.1) is 0 Å². The zero-order valence-corrected chi connectivity index (χ0v) is 13.3. The average molecular weight is 371 g/mol. The number of aromatic nitrogens is 2. The van der Waals surface area contributed by atoms with E-state index in [2.05, 4.69) is 33.1 Å². The van der Waals surface area contributed by atoms with Crippen LogP contribution in [0.5, 0.6) is 0 Å². The molecule has 0 saturated heterocycles. The summed E-state index contributed by atoms with van der Waals surface area (Å²) in [4.78, 5) is 15.3. The zero-order chi connectivity index (χ0) is 15.0. The van der Waals surface area contributed by atoms with Gasteiger partial charge in [-0.1, -0.05) is 23.9 Å². The second-order valence-electron chi connectivity index (χ2n) is 4.80. The Bertz CT molecular complexity index is 736. The molecule has 1 aromatic carbocycles. The summed E-state index contributed by atoms with van der Waals surface area (Å²) in [6, 6.07) is 3.26. The molecule has 0 spiro atoms. The van der Waals surface area contributed by atoms with Crippen molar-refractivity contribution in [1.82, 2.24) is 9.55 Å². The van der Waals surface area contributed by atoms with Crippen molar-refractivity contribution in [2.45, 2.75) is 24.0 Å². The van der Waals surface area contributed by atoms with E-state index in [9.17, 15) is 9.18 Å². The molecule has 110 valence electrons. The van der Waals surface area contributed by atoms with Crippen molar-refractivity contribution in [2.75, 3.05) is 5.75 Å². The van der Waals surface area contributed by atoms with Crippen LogP contribution in [0.2, 0.25) is 0 Å². The molecule has 0 atom stereocenters. The summed E-state index contributed by atoms with van der Waals surface area (Å²) in [6.07, 6.45) is 5.86. The highest BCUT2D eigenvalue weighted by molar-refractivity contribution is 9.10. The normalized spacial score (nSPS) is 15.1. The van der Waals surface area contributed by atoms with Crippen LogP contribution >= 0.6 is 27.7 Å². The van der Waals surface area contributed by atoms with E-state index < -0.39 is 5.97 Å². The number of rotatable bonds is 4. The Hall–Kier alpha value is -1.34. The van der Waals surface area contributed by atoms with Crippen molar-refractivity contribution in [3.05, 3.63) is 34.6 Å². The molecule has 7 heteroatoms. The van der Waals surface area contributed by atoms with Gasteiger partial charge in [-0.25, -0.2) is 9.37 Å². The maximum Gasteiger partial charge on any atom is 0.313 e. The maximum atomic E-state index is 13.8. The van der Waals surface area contributed by atoms with E-state index in [4.69, 9.17) is 5.11 Å². The Morgan fingerprint density at radius 2 is 2.19 bits per heavy atom. The van der Waals surface area contributed by atoms with Gasteiger partial charge in [0.25, 0.3) is 0 Å². The molecule has 1 N–H and O–H groups in total. The minimum absolute atomic E-state index is 0.0624. The summed E-state index contributed by atoms with van der Waals surface area (Å²) in [5.41, 5.74) is 1.38. The third-order valence-corrected chi connectivity index (χ3v) is 4.92. The Morgan fingerprint density at radius 3 is 2.86 bits per heavy atom. The van der Waals surface area contributed by atoms with Gasteiger partial charge in [-0.05, 0) is 34.8 Å². The molecule has 1 aliphatic rings. The lowest BCUT2D eigenvalue weighted by atomic mass is 10.2. The van der Waals surface area contributed by atoms with Crippen molar-refractivity contribution < 1.29 is 14.3 Å². The average Bonchev–Trinajstić information content (AvgIpc) is 3.04. The number of benzene rings is 1. The summed E-state index contributed by atoms with van der Waals surface area (Å²) in [6.45, 7) is 0. The van der Waals surface area contributed by atoms with Gasteiger partial charge in [0, 0.05) is 12.1 Å². The molecule has 1 heterocycles. The third-order valence-electron chi connectivity index (χ3n) is 3.37. The van der Waals surface area contributed by atoms with Gasteiger partial charge >= 0.3 is 5.97 Å². The molecule has 21 heavy (non-hydrogen) atoms. The Morgan fingerprint density at radius 1 is 1.48 bits per heavy atom. The van der Waals surface area contributed by atoms with Crippen LogP contribution < -0.4 is 0 Å². The molecule has 1 aliphatic carbocycles. The first-order valence-electron chi connectivity index (χ1n) is 6.43. The molecule has 4 nitrogen and oxygen atoms in total. The summed E-state index contributed by atoms with van der Waals surface area (Å²) < 4.78 is 16.2. The van der Waals surface area contributed by atoms with E-state index in [0.717, 1.165) is 12.8 Å². The van der Waals surface area contributed by atoms with Crippen LogP contribution in [0.3, 0.4) is 0 Å². The molecule has 3 rings (SSSR count). The summed E-state index contributed by atoms with van der Waals surface area (Å²) >= 11 is 4.32. The predicted octanol–water partition coefficient (Wildman–Crippen LogP) is 4.01. The van der Waals surface area contributed by atoms with Crippen LogP contribution in [0.15, 0.2) is 33.9 Å². The number of carboxylic acid groups (broad SMARTS) is 1. The van der Waals surface area contributed by atoms with Gasteiger partial charge in [0.2, 0.25) is 0 Å². The van der Waals surface area contributed by atoms with Gasteiger partial charge in [0.15, 0.2) is 5.16 Å². The second kappa shape index (κ2) is 5.81. The molecule has 0 saturated carbocycles. The molecule has 0 amide bonds. The fourth-order valence-electron chi connectivity index (χ4n) is 2.46. The van der Waals surface area contributed by atoms with Gasteiger partial charge in [-0.3, -0.25) is 4.79 Å². The highest BCUT2D eigenvalue weighted by Crippen LogP contribution is 2.35. The van der Waals surface area contributed by atoms with E-state index in [0.29, 0.717) is 20.7 Å². The number of aliphatic carboxylic acids is 1. The molecule has 0 unspecified atom stereocenters. The minimum Gasteiger partial charge on any atom is -0.481 e. The largest absolute Gasteiger partial charge is 0.481 e. The van der Waals surface area contributed by atoms with Gasteiger partial charge in [-0.2, -0.15) is 0 Å². The number of allylic oxidation sites excluding steroid dienone is 2. The van der Waals surface area contributed by atoms with Crippen molar-refractivity contribution in [2.24, 2.45) is 0 Å². The number of fused-ring (bicyclic) bond motifs is 1. The summed E-state index contributed by atoms with van der Waals surface area (Å²) in [5, 5.41) is 9.48. The van der Waals surface area contributed by atoms with Crippen LogP contribution in [0, 0.1) is 5.82 Å². The smallest absolute Gasteiger partial charge is 0.313 e. The zero-order valence-electron chi connectivity index (χ0n) is 10.9. The topological polar surface area (TPSA) is 55.1 Å². The Kier molecular flexibility index (Phi) is 4.03. The first kappa shape index (κ1) is 14.6. The molecule has 0 fully saturated rings. The fourth-order valence-corrected chi connectivity index (χ4v) is 3.60. The molecule has 1 aromatic heterocycles. The first-order chi connectivity index (χ1) is 10.1. The van der Waals surface area contributed by atoms with Gasteiger partial charge in [0.1, 0.15) is 5.82 Å². The highest BCUT2D eigenvalue weighted by atomic mass is 79.9. The Balaban J connectivity index is 2.10. The van der Waals surface area contributed by atoms with Gasteiger partial charge < -0.3 is 9.67 Å². The molecule has 2 aromatic rings. The lowest BCUT2D eigenvalue weighted by molar-refractivity contribution is -0.133. The lowest BCUT2D eigenvalue weighted by Gasteiger charge is -2.15. The number of thioether (sulfide) groups is 1. The number of carboxylic acids is 1. The van der Waals surface area contributed by atoms with Crippen molar-refractivity contribution in [1.29, 1.82) is 0 Å². The number of hydrogen-bond acceptors (Lipinski definition) is 3. The number of carbonyl (C=O) groups is 1. The minimum atomic E-state index is -0.893. The van der Waals surface area contributed by atoms with Gasteiger partial charge in [0.05, 0.1) is 21.3 Å². The second-order valence-corrected chi connectivity index (χ2v) is 6.60. The van der Waals surface area contributed by atoms with Crippen LogP contribution in [0.1, 0.15) is 18.9 Å². The molecule has 0 radical (unpaired) electrons. The number of halogens is 2. The monoisotopic (exact) mass is 370 g/mol. The predicted molar refractivity (Wildman–Crippen MR) is 83.2 cm³/mol. The van der Waals surface area contributed by atoms with E-state index >= 15 is 0 Å². The standard InChI is InChI=1S/C14H12BrFN2O2S/c15-9-5-11-12(6-10(9)16)18(8-3-1-2-4-8)14(17-11)21-7-13(19)20/h1-2,5-6,8H,3-4,7H2,(H,19,20). The lowest BCUT2D eigenvalue weighted by Crippen LogP contribution is -2.08. The first-order valence-corrected chi connectivity index (χ1v) is 8.20. The highest BCUT2D eigenvalue weighted by Gasteiger charge is 2.22. The van der Waals surface area contributed by atoms with Crippen LogP contribution in [-0.4, -0.2) is 26.4 Å². The number of imidazole rings is 1. The number of nitrogens with zero attached hydrogens (tertiary/aromatic N) is 2. The molecular weight excluding hydrogens is 359 g/mol. The van der Waals surface area contributed by atoms with E-state index in [1.807, 2.05) is 4.57 Å². The molecular formula is C14H12BrFN2O2S. The summed E-state index contributed by atoms with van der Waals surface area (Å²) in [5.74, 6) is -1.30. The molecule has 0 bridgehead atoms. The van der Waals surface area contributed by atoms with E-state index in [-0.39, 0.29) is 17.6 Å². The van der Waals surface area contributed by atoms with Crippen LogP contribution in [0.4, 0.5) is 4.39 Å². The van der Waals surface area contributed by atoms with Crippen molar-refractivity contribution in [3.8, 4) is 0 Å². The third kappa shape index (κ3) is 2.85. The summed E-state index contributed by atoms with van der Waals surface area (Å²) in [7, 11) is 0. The molecule has 0 aliphatic heterocycles. The van der Waals surface area contributed by atoms with E-state index in [1.165, 1.54) is 17.8 Å². The fraction of sp³-hybridized carbons (Fsp3) is 0.286. The SMILES string of the molecule is O=C(O)CSc1nc2cc(Br)c(F)cc2n1C1CC=CC1. The van der Waals surface area contributed by atoms with Crippen LogP contribution in [-0.2, 0) is 4.79 Å². The van der Waals surface area contributed by atoms with Crippen molar-refractivity contribution in [3.63, 3.8) is 0 Å². The van der Waals surface area contributed by atoms with Crippen LogP contribution in [0.25, 0.3) is 11.0 Å².